The summed E-state index contributed by atoms with van der Waals surface area (Å²) in [6.07, 6.45) is 4.95. The fraction of sp³-hybridized carbons (Fsp3) is 0.333. The fourth-order valence-electron chi connectivity index (χ4n) is 3.91. The topological polar surface area (TPSA) is 230 Å². The van der Waals surface area contributed by atoms with E-state index in [1.165, 1.54) is 0 Å². The van der Waals surface area contributed by atoms with E-state index >= 15 is 0 Å². The third-order valence-electron chi connectivity index (χ3n) is 7.02. The predicted molar refractivity (Wildman–Crippen MR) is 208 cm³/mol. The fourth-order valence-corrected chi connectivity index (χ4v) is 3.91. The Hall–Kier alpha value is -5.40. The Morgan fingerprint density at radius 2 is 0.722 bits per heavy atom. The van der Waals surface area contributed by atoms with Crippen LogP contribution in [-0.4, -0.2) is 83.7 Å². The maximum absolute atomic E-state index is 10.2. The molecule has 0 heterocycles. The molecule has 0 aliphatic heterocycles. The van der Waals surface area contributed by atoms with E-state index in [9.17, 15) is 24.3 Å². The Kier molecular flexibility index (Phi) is 31.4. The van der Waals surface area contributed by atoms with Gasteiger partial charge in [-0.1, -0.05) is 113 Å². The summed E-state index contributed by atoms with van der Waals surface area (Å²) < 4.78 is 0. The quantitative estimate of drug-likeness (QED) is 0.0618. The highest BCUT2D eigenvalue weighted by molar-refractivity contribution is 5.88. The molecule has 4 aromatic carbocycles. The maximum Gasteiger partial charge on any atom is 0.335 e. The zero-order chi connectivity index (χ0) is 41.1. The molecule has 2 unspecified atom stereocenters. The van der Waals surface area contributed by atoms with Gasteiger partial charge in [-0.05, 0) is 74.2 Å². The van der Waals surface area contributed by atoms with Crippen LogP contribution in [0.3, 0.4) is 0 Å². The van der Waals surface area contributed by atoms with Crippen molar-refractivity contribution in [3.63, 3.8) is 0 Å². The summed E-state index contributed by atoms with van der Waals surface area (Å²) in [7, 11) is 0. The Bertz CT molecular complexity index is 1300. The second-order valence-corrected chi connectivity index (χ2v) is 11.4. The molecule has 12 nitrogen and oxygen atoms in total. The minimum Gasteiger partial charge on any atom is -0.478 e. The van der Waals surface area contributed by atoms with Crippen molar-refractivity contribution in [1.29, 1.82) is 0 Å². The number of benzene rings is 4. The number of aromatic carboxylic acids is 4. The SMILES string of the molecule is CCCCC(CO)C(O)CC.CCCCC(O)O.O=C(O)c1ccccc1.O=C(O)c1ccccc1.O=C(O)c1ccccc1.O=C(O)c1ccccc1. The molecule has 2 atom stereocenters. The van der Waals surface area contributed by atoms with Crippen molar-refractivity contribution >= 4 is 23.9 Å². The number of carboxylic acid groups (broad SMARTS) is 4. The number of aliphatic hydroxyl groups is 4. The van der Waals surface area contributed by atoms with Gasteiger partial charge in [0.25, 0.3) is 0 Å². The molecular weight excluding hydrogens is 696 g/mol. The zero-order valence-electron chi connectivity index (χ0n) is 31.1. The van der Waals surface area contributed by atoms with Gasteiger partial charge in [0.2, 0.25) is 0 Å². The first-order valence-electron chi connectivity index (χ1n) is 17.5. The molecule has 0 aromatic heterocycles. The number of rotatable bonds is 13. The lowest BCUT2D eigenvalue weighted by Crippen LogP contribution is -2.22. The van der Waals surface area contributed by atoms with Crippen molar-refractivity contribution in [2.24, 2.45) is 5.92 Å². The van der Waals surface area contributed by atoms with Gasteiger partial charge in [0, 0.05) is 12.5 Å². The Labute approximate surface area is 317 Å². The number of hydrogen-bond acceptors (Lipinski definition) is 8. The highest BCUT2D eigenvalue weighted by atomic mass is 16.5. The van der Waals surface area contributed by atoms with Crippen LogP contribution >= 0.6 is 0 Å². The molecule has 0 saturated carbocycles. The first kappa shape index (κ1) is 50.7. The van der Waals surface area contributed by atoms with Gasteiger partial charge >= 0.3 is 23.9 Å². The second-order valence-electron chi connectivity index (χ2n) is 11.4. The molecule has 8 N–H and O–H groups in total. The molecule has 0 aliphatic carbocycles. The maximum atomic E-state index is 10.2. The first-order valence-corrected chi connectivity index (χ1v) is 17.5. The van der Waals surface area contributed by atoms with E-state index in [2.05, 4.69) is 6.92 Å². The third-order valence-corrected chi connectivity index (χ3v) is 7.02. The molecule has 4 rings (SSSR count). The number of carboxylic acids is 4. The van der Waals surface area contributed by atoms with Gasteiger partial charge < -0.3 is 40.9 Å². The van der Waals surface area contributed by atoms with E-state index in [-0.39, 0.29) is 18.6 Å². The molecule has 0 radical (unpaired) electrons. The summed E-state index contributed by atoms with van der Waals surface area (Å²) in [5.74, 6) is -3.42. The molecule has 54 heavy (non-hydrogen) atoms. The average Bonchev–Trinajstić information content (AvgIpc) is 3.19. The molecule has 0 bridgehead atoms. The molecule has 12 heteroatoms. The molecule has 0 saturated heterocycles. The van der Waals surface area contributed by atoms with Gasteiger partial charge in [0.15, 0.2) is 6.29 Å². The van der Waals surface area contributed by atoms with Crippen LogP contribution < -0.4 is 0 Å². The molecule has 0 fully saturated rings. The largest absolute Gasteiger partial charge is 0.478 e. The standard InChI is InChI=1S/C9H20O2.4C7H6O2.C5H12O2/c1-3-5-6-8(7-10)9(11)4-2;4*8-7(9)6-4-2-1-3-5-6;1-2-3-4-5(6)7/h8-11H,3-7H2,1-2H3;4*1-5H,(H,8,9);5-7H,2-4H2,1H3. The van der Waals surface area contributed by atoms with E-state index in [0.29, 0.717) is 28.7 Å². The van der Waals surface area contributed by atoms with Crippen LogP contribution in [0.25, 0.3) is 0 Å². The Balaban J connectivity index is 0. The van der Waals surface area contributed by atoms with Crippen LogP contribution in [0, 0.1) is 5.92 Å². The van der Waals surface area contributed by atoms with Gasteiger partial charge in [0.1, 0.15) is 0 Å². The van der Waals surface area contributed by atoms with Gasteiger partial charge in [0.05, 0.1) is 28.4 Å². The molecule has 0 amide bonds. The Morgan fingerprint density at radius 1 is 0.463 bits per heavy atom. The van der Waals surface area contributed by atoms with E-state index < -0.39 is 30.2 Å². The van der Waals surface area contributed by atoms with Crippen LogP contribution in [0.5, 0.6) is 0 Å². The lowest BCUT2D eigenvalue weighted by Gasteiger charge is -2.18. The normalized spacial score (nSPS) is 10.6. The number of aliphatic hydroxyl groups excluding tert-OH is 3. The lowest BCUT2D eigenvalue weighted by molar-refractivity contribution is -0.0463. The molecule has 296 valence electrons. The average molecular weight is 753 g/mol. The summed E-state index contributed by atoms with van der Waals surface area (Å²) in [6, 6.07) is 33.2. The van der Waals surface area contributed by atoms with Crippen LogP contribution in [0.15, 0.2) is 121 Å². The predicted octanol–water partition coefficient (Wildman–Crippen LogP) is 7.58. The lowest BCUT2D eigenvalue weighted by atomic mass is 9.95. The number of unbranched alkanes of at least 4 members (excludes halogenated alkanes) is 2. The monoisotopic (exact) mass is 752 g/mol. The van der Waals surface area contributed by atoms with Gasteiger partial charge in [-0.25, -0.2) is 19.2 Å². The van der Waals surface area contributed by atoms with Crippen LogP contribution in [0.2, 0.25) is 0 Å². The van der Waals surface area contributed by atoms with E-state index in [4.69, 9.17) is 35.7 Å². The summed E-state index contributed by atoms with van der Waals surface area (Å²) in [5, 5.41) is 68.3. The highest BCUT2D eigenvalue weighted by Gasteiger charge is 2.15. The minimum absolute atomic E-state index is 0.0972. The van der Waals surface area contributed by atoms with Crippen LogP contribution in [-0.2, 0) is 0 Å². The summed E-state index contributed by atoms with van der Waals surface area (Å²) >= 11 is 0. The minimum atomic E-state index is -1.10. The molecule has 0 spiro atoms. The second kappa shape index (κ2) is 33.4. The van der Waals surface area contributed by atoms with Crippen molar-refractivity contribution < 1.29 is 60.0 Å². The van der Waals surface area contributed by atoms with Crippen molar-refractivity contribution in [2.45, 2.75) is 78.1 Å². The summed E-state index contributed by atoms with van der Waals surface area (Å²) in [5.41, 5.74) is 1.32. The van der Waals surface area contributed by atoms with Gasteiger partial charge in [-0.2, -0.15) is 0 Å². The zero-order valence-corrected chi connectivity index (χ0v) is 31.1. The van der Waals surface area contributed by atoms with Crippen molar-refractivity contribution in [3.8, 4) is 0 Å². The summed E-state index contributed by atoms with van der Waals surface area (Å²) in [6.45, 7) is 6.20. The van der Waals surface area contributed by atoms with Crippen LogP contribution in [0.1, 0.15) is 107 Å². The molecule has 0 aliphatic rings. The first-order chi connectivity index (χ1) is 25.7. The molecular formula is C42H56O12. The van der Waals surface area contributed by atoms with E-state index in [1.54, 1.807) is 121 Å². The summed E-state index contributed by atoms with van der Waals surface area (Å²) in [4.78, 5) is 40.8. The van der Waals surface area contributed by atoms with Crippen molar-refractivity contribution in [1.82, 2.24) is 0 Å². The van der Waals surface area contributed by atoms with E-state index in [0.717, 1.165) is 38.5 Å². The highest BCUT2D eigenvalue weighted by Crippen LogP contribution is 2.14. The Morgan fingerprint density at radius 3 is 0.870 bits per heavy atom. The van der Waals surface area contributed by atoms with Crippen molar-refractivity contribution in [3.05, 3.63) is 144 Å². The third kappa shape index (κ3) is 28.2. The van der Waals surface area contributed by atoms with Crippen LogP contribution in [0.4, 0.5) is 0 Å². The van der Waals surface area contributed by atoms with Crippen molar-refractivity contribution in [2.75, 3.05) is 6.61 Å². The smallest absolute Gasteiger partial charge is 0.335 e. The van der Waals surface area contributed by atoms with E-state index in [1.807, 2.05) is 13.8 Å². The molecule has 4 aromatic rings. The van der Waals surface area contributed by atoms with Gasteiger partial charge in [-0.15, -0.1) is 0 Å². The number of carbonyl (C=O) groups is 4. The number of hydrogen-bond donors (Lipinski definition) is 8. The van der Waals surface area contributed by atoms with Gasteiger partial charge in [-0.3, -0.25) is 0 Å².